The van der Waals surface area contributed by atoms with E-state index < -0.39 is 0 Å². The summed E-state index contributed by atoms with van der Waals surface area (Å²) in [6.07, 6.45) is 3.71. The first-order chi connectivity index (χ1) is 10.6. The fourth-order valence-electron chi connectivity index (χ4n) is 2.20. The monoisotopic (exact) mass is 320 g/mol. The summed E-state index contributed by atoms with van der Waals surface area (Å²) in [4.78, 5) is 14.0. The number of methoxy groups -OCH3 is 2. The van der Waals surface area contributed by atoms with Crippen molar-refractivity contribution in [1.82, 2.24) is 10.2 Å². The molecule has 0 aliphatic carbocycles. The predicted octanol–water partition coefficient (Wildman–Crippen LogP) is 2.56. The number of thiocarbonyl (C=S) groups is 1. The average Bonchev–Trinajstić information content (AvgIpc) is 2.79. The molecule has 0 atom stereocenters. The second kappa shape index (κ2) is 7.26. The van der Waals surface area contributed by atoms with E-state index in [9.17, 15) is 4.79 Å². The maximum Gasteiger partial charge on any atom is 0.276 e. The molecule has 0 spiro atoms. The Balaban J connectivity index is 2.23. The molecule has 5 nitrogen and oxygen atoms in total. The molecule has 1 aromatic carbocycles. The Kier molecular flexibility index (Phi) is 5.38. The number of benzene rings is 1. The van der Waals surface area contributed by atoms with E-state index >= 15 is 0 Å². The SMILES string of the molecule is CCCCN1C(=O)/C(=C\c2ccc(OC)c(OC)c2)NC1=S. The highest BCUT2D eigenvalue weighted by atomic mass is 32.1. The number of hydrogen-bond acceptors (Lipinski definition) is 4. The first kappa shape index (κ1) is 16.3. The Hall–Kier alpha value is -2.08. The summed E-state index contributed by atoms with van der Waals surface area (Å²) in [5.41, 5.74) is 1.32. The minimum atomic E-state index is -0.0896. The predicted molar refractivity (Wildman–Crippen MR) is 89.9 cm³/mol. The maximum atomic E-state index is 12.4. The van der Waals surface area contributed by atoms with Gasteiger partial charge < -0.3 is 14.8 Å². The highest BCUT2D eigenvalue weighted by molar-refractivity contribution is 7.80. The summed E-state index contributed by atoms with van der Waals surface area (Å²) >= 11 is 5.22. The number of rotatable bonds is 6. The van der Waals surface area contributed by atoms with E-state index in [-0.39, 0.29) is 5.91 Å². The average molecular weight is 320 g/mol. The van der Waals surface area contributed by atoms with E-state index in [4.69, 9.17) is 21.7 Å². The van der Waals surface area contributed by atoms with E-state index in [0.717, 1.165) is 18.4 Å². The van der Waals surface area contributed by atoms with Crippen molar-refractivity contribution in [3.05, 3.63) is 29.5 Å². The number of ether oxygens (including phenoxy) is 2. The van der Waals surface area contributed by atoms with Crippen LogP contribution in [-0.4, -0.2) is 36.7 Å². The van der Waals surface area contributed by atoms with E-state index in [1.807, 2.05) is 12.1 Å². The first-order valence-electron chi connectivity index (χ1n) is 7.17. The Morgan fingerprint density at radius 1 is 1.27 bits per heavy atom. The van der Waals surface area contributed by atoms with Gasteiger partial charge in [0.2, 0.25) is 0 Å². The third-order valence-corrected chi connectivity index (χ3v) is 3.74. The fourth-order valence-corrected chi connectivity index (χ4v) is 2.48. The number of carbonyl (C=O) groups excluding carboxylic acids is 1. The molecular weight excluding hydrogens is 300 g/mol. The van der Waals surface area contributed by atoms with Crippen LogP contribution in [-0.2, 0) is 4.79 Å². The van der Waals surface area contributed by atoms with Crippen LogP contribution >= 0.6 is 12.2 Å². The minimum absolute atomic E-state index is 0.0896. The highest BCUT2D eigenvalue weighted by Crippen LogP contribution is 2.28. The zero-order valence-electron chi connectivity index (χ0n) is 13.0. The summed E-state index contributed by atoms with van der Waals surface area (Å²) in [7, 11) is 3.16. The van der Waals surface area contributed by atoms with E-state index in [1.54, 1.807) is 31.3 Å². The molecule has 0 saturated carbocycles. The quantitative estimate of drug-likeness (QED) is 0.645. The van der Waals surface area contributed by atoms with Gasteiger partial charge in [0.1, 0.15) is 5.70 Å². The molecule has 22 heavy (non-hydrogen) atoms. The second-order valence-corrected chi connectivity index (χ2v) is 5.30. The largest absolute Gasteiger partial charge is 0.493 e. The zero-order valence-corrected chi connectivity index (χ0v) is 13.8. The molecule has 1 aromatic rings. The Bertz CT molecular complexity index is 613. The molecule has 1 heterocycles. The van der Waals surface area contributed by atoms with Gasteiger partial charge in [-0.1, -0.05) is 19.4 Å². The molecule has 6 heteroatoms. The van der Waals surface area contributed by atoms with Crippen LogP contribution in [0, 0.1) is 0 Å². The van der Waals surface area contributed by atoms with Crippen molar-refractivity contribution in [1.29, 1.82) is 0 Å². The fraction of sp³-hybridized carbons (Fsp3) is 0.375. The lowest BCUT2D eigenvalue weighted by Gasteiger charge is -2.12. The van der Waals surface area contributed by atoms with Crippen LogP contribution in [0.1, 0.15) is 25.3 Å². The molecule has 1 N–H and O–H groups in total. The topological polar surface area (TPSA) is 50.8 Å². The number of nitrogens with one attached hydrogen (secondary N) is 1. The lowest BCUT2D eigenvalue weighted by Crippen LogP contribution is -2.31. The number of unbranched alkanes of at least 4 members (excludes halogenated alkanes) is 1. The van der Waals surface area contributed by atoms with Gasteiger partial charge in [0.25, 0.3) is 5.91 Å². The summed E-state index contributed by atoms with van der Waals surface area (Å²) in [6.45, 7) is 2.72. The molecule has 0 aromatic heterocycles. The maximum absolute atomic E-state index is 12.4. The van der Waals surface area contributed by atoms with Gasteiger partial charge in [-0.15, -0.1) is 0 Å². The molecule has 1 amide bonds. The van der Waals surface area contributed by atoms with Gasteiger partial charge in [-0.2, -0.15) is 0 Å². The summed E-state index contributed by atoms with van der Waals surface area (Å²) < 4.78 is 10.5. The van der Waals surface area contributed by atoms with Crippen molar-refractivity contribution < 1.29 is 14.3 Å². The lowest BCUT2D eigenvalue weighted by atomic mass is 10.1. The lowest BCUT2D eigenvalue weighted by molar-refractivity contribution is -0.122. The number of hydrogen-bond donors (Lipinski definition) is 1. The van der Waals surface area contributed by atoms with Crippen molar-refractivity contribution >= 4 is 29.3 Å². The van der Waals surface area contributed by atoms with Crippen molar-refractivity contribution in [3.63, 3.8) is 0 Å². The molecule has 0 radical (unpaired) electrons. The van der Waals surface area contributed by atoms with E-state index in [2.05, 4.69) is 12.2 Å². The Morgan fingerprint density at radius 3 is 2.64 bits per heavy atom. The van der Waals surface area contributed by atoms with Gasteiger partial charge in [-0.3, -0.25) is 9.69 Å². The van der Waals surface area contributed by atoms with Crippen LogP contribution in [0.4, 0.5) is 0 Å². The normalized spacial score (nSPS) is 16.1. The number of carbonyl (C=O) groups is 1. The van der Waals surface area contributed by atoms with Gasteiger partial charge in [0, 0.05) is 6.54 Å². The summed E-state index contributed by atoms with van der Waals surface area (Å²) in [6, 6.07) is 5.48. The van der Waals surface area contributed by atoms with Crippen molar-refractivity contribution in [2.24, 2.45) is 0 Å². The number of amides is 1. The molecule has 0 unspecified atom stereocenters. The van der Waals surface area contributed by atoms with Gasteiger partial charge in [-0.25, -0.2) is 0 Å². The molecule has 1 aliphatic heterocycles. The van der Waals surface area contributed by atoms with Gasteiger partial charge in [0.15, 0.2) is 16.6 Å². The second-order valence-electron chi connectivity index (χ2n) is 4.91. The Labute approximate surface area is 135 Å². The Morgan fingerprint density at radius 2 is 2.00 bits per heavy atom. The molecule has 1 aliphatic rings. The van der Waals surface area contributed by atoms with Crippen LogP contribution in [0.15, 0.2) is 23.9 Å². The molecule has 1 saturated heterocycles. The van der Waals surface area contributed by atoms with Gasteiger partial charge in [0.05, 0.1) is 14.2 Å². The van der Waals surface area contributed by atoms with Crippen molar-refractivity contribution in [2.75, 3.05) is 20.8 Å². The first-order valence-corrected chi connectivity index (χ1v) is 7.58. The number of nitrogens with zero attached hydrogens (tertiary/aromatic N) is 1. The molecule has 2 rings (SSSR count). The third-order valence-electron chi connectivity index (χ3n) is 3.42. The molecule has 1 fully saturated rings. The van der Waals surface area contributed by atoms with Crippen molar-refractivity contribution in [3.8, 4) is 11.5 Å². The van der Waals surface area contributed by atoms with Crippen molar-refractivity contribution in [2.45, 2.75) is 19.8 Å². The van der Waals surface area contributed by atoms with E-state index in [1.165, 1.54) is 0 Å². The minimum Gasteiger partial charge on any atom is -0.493 e. The standard InChI is InChI=1S/C16H20N2O3S/c1-4-5-8-18-15(19)12(17-16(18)22)9-11-6-7-13(20-2)14(10-11)21-3/h6-7,9-10H,4-5,8H2,1-3H3,(H,17,22)/b12-9+. The van der Waals surface area contributed by atoms with Crippen LogP contribution in [0.5, 0.6) is 11.5 Å². The van der Waals surface area contributed by atoms with Gasteiger partial charge >= 0.3 is 0 Å². The summed E-state index contributed by atoms with van der Waals surface area (Å²) in [5.74, 6) is 1.18. The summed E-state index contributed by atoms with van der Waals surface area (Å²) in [5, 5.41) is 3.44. The van der Waals surface area contributed by atoms with Gasteiger partial charge in [-0.05, 0) is 42.4 Å². The van der Waals surface area contributed by atoms with Crippen LogP contribution in [0.2, 0.25) is 0 Å². The third kappa shape index (κ3) is 3.39. The highest BCUT2D eigenvalue weighted by Gasteiger charge is 2.29. The van der Waals surface area contributed by atoms with E-state index in [0.29, 0.717) is 28.9 Å². The van der Waals surface area contributed by atoms with Crippen LogP contribution in [0.25, 0.3) is 6.08 Å². The van der Waals surface area contributed by atoms with Crippen LogP contribution in [0.3, 0.4) is 0 Å². The zero-order chi connectivity index (χ0) is 16.1. The molecule has 118 valence electrons. The van der Waals surface area contributed by atoms with Crippen LogP contribution < -0.4 is 14.8 Å². The molecule has 0 bridgehead atoms. The smallest absolute Gasteiger partial charge is 0.276 e. The molecular formula is C16H20N2O3S.